The van der Waals surface area contributed by atoms with Crippen molar-refractivity contribution in [1.82, 2.24) is 0 Å². The van der Waals surface area contributed by atoms with Crippen molar-refractivity contribution in [2.75, 3.05) is 0 Å². The van der Waals surface area contributed by atoms with Crippen LogP contribution in [0.15, 0.2) is 60.7 Å². The third-order valence-electron chi connectivity index (χ3n) is 3.66. The first kappa shape index (κ1) is 13.3. The maximum absolute atomic E-state index is 12.1. The summed E-state index contributed by atoms with van der Waals surface area (Å²) in [5.41, 5.74) is 0.648. The van der Waals surface area contributed by atoms with Gasteiger partial charge in [-0.25, -0.2) is 0 Å². The van der Waals surface area contributed by atoms with Crippen LogP contribution in [0.5, 0.6) is 0 Å². The number of benzene rings is 2. The first-order valence-electron chi connectivity index (χ1n) is 6.44. The summed E-state index contributed by atoms with van der Waals surface area (Å²) in [5.74, 6) is -0.852. The third-order valence-corrected chi connectivity index (χ3v) is 3.66. The molecule has 0 heterocycles. The number of carbonyl (C=O) groups is 1. The molecule has 0 aromatic heterocycles. The second-order valence-electron chi connectivity index (χ2n) is 5.00. The summed E-state index contributed by atoms with van der Waals surface area (Å²) in [5, 5.41) is 9.90. The largest absolute Gasteiger partial charge is 0.480 e. The van der Waals surface area contributed by atoms with Crippen LogP contribution in [0.25, 0.3) is 0 Å². The maximum atomic E-state index is 12.1. The van der Waals surface area contributed by atoms with Gasteiger partial charge in [0.25, 0.3) is 0 Å². The molecule has 2 aromatic carbocycles. The van der Waals surface area contributed by atoms with Crippen LogP contribution >= 0.6 is 0 Å². The fourth-order valence-electron chi connectivity index (χ4n) is 2.73. The van der Waals surface area contributed by atoms with Crippen LogP contribution in [0.2, 0.25) is 0 Å². The Balaban J connectivity index is 2.73. The average molecular weight is 254 g/mol. The zero-order valence-corrected chi connectivity index (χ0v) is 11.2. The van der Waals surface area contributed by atoms with Crippen LogP contribution in [0, 0.1) is 5.92 Å². The second kappa shape index (κ2) is 5.27. The van der Waals surface area contributed by atoms with Gasteiger partial charge in [-0.15, -0.1) is 0 Å². The lowest BCUT2D eigenvalue weighted by Crippen LogP contribution is -2.42. The van der Waals surface area contributed by atoms with Gasteiger partial charge in [0.1, 0.15) is 5.41 Å². The topological polar surface area (TPSA) is 37.3 Å². The van der Waals surface area contributed by atoms with Crippen molar-refractivity contribution in [3.8, 4) is 0 Å². The molecular formula is C17H18O2. The van der Waals surface area contributed by atoms with Crippen molar-refractivity contribution in [3.63, 3.8) is 0 Å². The minimum atomic E-state index is -0.998. The molecule has 0 fully saturated rings. The standard InChI is InChI=1S/C17H18O2/c1-13(2)17(16(18)19,14-9-5-3-6-10-14)15-11-7-4-8-12-15/h3-13H,1-2H3,(H,18,19). The van der Waals surface area contributed by atoms with Crippen molar-refractivity contribution in [3.05, 3.63) is 71.8 Å². The number of hydrogen-bond donors (Lipinski definition) is 1. The number of hydrogen-bond acceptors (Lipinski definition) is 1. The first-order valence-corrected chi connectivity index (χ1v) is 6.44. The summed E-state index contributed by atoms with van der Waals surface area (Å²) in [4.78, 5) is 12.1. The van der Waals surface area contributed by atoms with Crippen LogP contribution < -0.4 is 0 Å². The summed E-state index contributed by atoms with van der Waals surface area (Å²) in [6, 6.07) is 18.9. The normalized spacial score (nSPS) is 11.5. The Morgan fingerprint density at radius 1 is 0.895 bits per heavy atom. The van der Waals surface area contributed by atoms with Crippen molar-refractivity contribution in [2.24, 2.45) is 5.92 Å². The highest BCUT2D eigenvalue weighted by molar-refractivity contribution is 5.86. The molecule has 1 N–H and O–H groups in total. The fraction of sp³-hybridized carbons (Fsp3) is 0.235. The van der Waals surface area contributed by atoms with Crippen LogP contribution in [0.4, 0.5) is 0 Å². The molecule has 0 aliphatic carbocycles. The van der Waals surface area contributed by atoms with Gasteiger partial charge in [0.15, 0.2) is 0 Å². The minimum Gasteiger partial charge on any atom is -0.480 e. The average Bonchev–Trinajstić information content (AvgIpc) is 2.41. The molecule has 0 amide bonds. The SMILES string of the molecule is CC(C)C(C(=O)O)(c1ccccc1)c1ccccc1. The first-order chi connectivity index (χ1) is 9.10. The van der Waals surface area contributed by atoms with E-state index < -0.39 is 11.4 Å². The van der Waals surface area contributed by atoms with E-state index in [1.165, 1.54) is 0 Å². The van der Waals surface area contributed by atoms with E-state index in [1.807, 2.05) is 74.5 Å². The molecular weight excluding hydrogens is 236 g/mol. The summed E-state index contributed by atoms with van der Waals surface area (Å²) in [6.45, 7) is 3.90. The summed E-state index contributed by atoms with van der Waals surface area (Å²) in [6.07, 6.45) is 0. The summed E-state index contributed by atoms with van der Waals surface area (Å²) >= 11 is 0. The molecule has 0 radical (unpaired) electrons. The van der Waals surface area contributed by atoms with Gasteiger partial charge in [0.05, 0.1) is 0 Å². The van der Waals surface area contributed by atoms with Gasteiger partial charge in [0, 0.05) is 0 Å². The summed E-state index contributed by atoms with van der Waals surface area (Å²) in [7, 11) is 0. The van der Waals surface area contributed by atoms with E-state index in [1.54, 1.807) is 0 Å². The van der Waals surface area contributed by atoms with Gasteiger partial charge < -0.3 is 5.11 Å². The molecule has 0 aliphatic rings. The quantitative estimate of drug-likeness (QED) is 0.903. The molecule has 98 valence electrons. The highest BCUT2D eigenvalue weighted by Gasteiger charge is 2.44. The van der Waals surface area contributed by atoms with E-state index in [2.05, 4.69) is 0 Å². The lowest BCUT2D eigenvalue weighted by atomic mass is 9.67. The van der Waals surface area contributed by atoms with Crippen LogP contribution in [-0.4, -0.2) is 11.1 Å². The molecule has 19 heavy (non-hydrogen) atoms. The third kappa shape index (κ3) is 2.14. The Hall–Kier alpha value is -2.09. The van der Waals surface area contributed by atoms with E-state index >= 15 is 0 Å². The van der Waals surface area contributed by atoms with Gasteiger partial charge in [-0.05, 0) is 17.0 Å². The molecule has 2 rings (SSSR count). The number of carboxylic acids is 1. The Morgan fingerprint density at radius 2 is 1.26 bits per heavy atom. The molecule has 2 heteroatoms. The molecule has 2 nitrogen and oxygen atoms in total. The zero-order valence-electron chi connectivity index (χ0n) is 11.2. The molecule has 0 aliphatic heterocycles. The maximum Gasteiger partial charge on any atom is 0.318 e. The van der Waals surface area contributed by atoms with Crippen molar-refractivity contribution in [2.45, 2.75) is 19.3 Å². The van der Waals surface area contributed by atoms with E-state index in [-0.39, 0.29) is 5.92 Å². The van der Waals surface area contributed by atoms with E-state index in [0.717, 1.165) is 11.1 Å². The van der Waals surface area contributed by atoms with Crippen molar-refractivity contribution in [1.29, 1.82) is 0 Å². The summed E-state index contributed by atoms with van der Waals surface area (Å²) < 4.78 is 0. The molecule has 0 saturated heterocycles. The molecule has 0 spiro atoms. The van der Waals surface area contributed by atoms with Crippen LogP contribution in [0.1, 0.15) is 25.0 Å². The fourth-order valence-corrected chi connectivity index (χ4v) is 2.73. The van der Waals surface area contributed by atoms with Crippen molar-refractivity contribution < 1.29 is 9.90 Å². The minimum absolute atomic E-state index is 0.0465. The van der Waals surface area contributed by atoms with Crippen LogP contribution in [-0.2, 0) is 10.2 Å². The number of aliphatic carboxylic acids is 1. The number of rotatable bonds is 4. The lowest BCUT2D eigenvalue weighted by molar-refractivity contribution is -0.143. The van der Waals surface area contributed by atoms with E-state index in [0.29, 0.717) is 0 Å². The Labute approximate surface area is 113 Å². The monoisotopic (exact) mass is 254 g/mol. The lowest BCUT2D eigenvalue weighted by Gasteiger charge is -2.34. The van der Waals surface area contributed by atoms with Crippen molar-refractivity contribution >= 4 is 5.97 Å². The Bertz CT molecular complexity index is 504. The predicted molar refractivity (Wildman–Crippen MR) is 76.1 cm³/mol. The van der Waals surface area contributed by atoms with Gasteiger partial charge >= 0.3 is 5.97 Å². The number of carboxylic acid groups (broad SMARTS) is 1. The Morgan fingerprint density at radius 3 is 1.53 bits per heavy atom. The zero-order chi connectivity index (χ0) is 13.9. The highest BCUT2D eigenvalue weighted by atomic mass is 16.4. The molecule has 0 saturated carbocycles. The van der Waals surface area contributed by atoms with E-state index in [9.17, 15) is 9.90 Å². The second-order valence-corrected chi connectivity index (χ2v) is 5.00. The smallest absolute Gasteiger partial charge is 0.318 e. The highest BCUT2D eigenvalue weighted by Crippen LogP contribution is 2.39. The Kier molecular flexibility index (Phi) is 3.70. The van der Waals surface area contributed by atoms with E-state index in [4.69, 9.17) is 0 Å². The van der Waals surface area contributed by atoms with Crippen LogP contribution in [0.3, 0.4) is 0 Å². The molecule has 0 bridgehead atoms. The molecule has 2 aromatic rings. The van der Waals surface area contributed by atoms with Gasteiger partial charge in [-0.3, -0.25) is 4.79 Å². The van der Waals surface area contributed by atoms with Gasteiger partial charge in [-0.1, -0.05) is 74.5 Å². The molecule has 0 unspecified atom stereocenters. The predicted octanol–water partition coefficient (Wildman–Crippen LogP) is 3.71. The molecule has 0 atom stereocenters. The van der Waals surface area contributed by atoms with Gasteiger partial charge in [-0.2, -0.15) is 0 Å². The van der Waals surface area contributed by atoms with Gasteiger partial charge in [0.2, 0.25) is 0 Å².